The maximum absolute atomic E-state index is 9.16. The summed E-state index contributed by atoms with van der Waals surface area (Å²) in [6.07, 6.45) is 16.4. The van der Waals surface area contributed by atoms with E-state index in [0.29, 0.717) is 0 Å². The van der Waals surface area contributed by atoms with Gasteiger partial charge in [0, 0.05) is 0 Å². The van der Waals surface area contributed by atoms with E-state index < -0.39 is 6.10 Å². The average Bonchev–Trinajstić information content (AvgIpc) is 2.39. The van der Waals surface area contributed by atoms with E-state index >= 15 is 0 Å². The Balaban J connectivity index is 2.96. The summed E-state index contributed by atoms with van der Waals surface area (Å²) in [5.74, 6) is 0. The van der Waals surface area contributed by atoms with E-state index in [0.717, 1.165) is 12.8 Å². The van der Waals surface area contributed by atoms with Crippen molar-refractivity contribution in [1.82, 2.24) is 0 Å². The van der Waals surface area contributed by atoms with Crippen molar-refractivity contribution in [1.29, 1.82) is 0 Å². The topological polar surface area (TPSA) is 40.5 Å². The van der Waals surface area contributed by atoms with Crippen LogP contribution in [0.4, 0.5) is 0 Å². The Labute approximate surface area is 113 Å². The van der Waals surface area contributed by atoms with E-state index in [1.54, 1.807) is 0 Å². The molecule has 0 fully saturated rings. The lowest BCUT2D eigenvalue weighted by atomic mass is 10.0. The number of hydrogen-bond donors (Lipinski definition) is 2. The summed E-state index contributed by atoms with van der Waals surface area (Å²) in [7, 11) is 0. The standard InChI is InChI=1S/C16H32O2/c1-2-3-4-5-6-7-8-9-10-11-12-13-14-16(18)15-17/h2,16-18H,1,3-15H2. The molecule has 0 heterocycles. The van der Waals surface area contributed by atoms with Gasteiger partial charge in [0.15, 0.2) is 0 Å². The zero-order valence-electron chi connectivity index (χ0n) is 11.9. The fourth-order valence-electron chi connectivity index (χ4n) is 2.17. The second-order valence-corrected chi connectivity index (χ2v) is 5.24. The van der Waals surface area contributed by atoms with Gasteiger partial charge in [-0.25, -0.2) is 0 Å². The zero-order valence-corrected chi connectivity index (χ0v) is 11.9. The van der Waals surface area contributed by atoms with Gasteiger partial charge in [-0.05, 0) is 19.3 Å². The molecule has 18 heavy (non-hydrogen) atoms. The molecule has 1 atom stereocenters. The molecule has 0 aromatic rings. The van der Waals surface area contributed by atoms with Crippen molar-refractivity contribution in [3.05, 3.63) is 12.7 Å². The first-order valence-corrected chi connectivity index (χ1v) is 7.71. The van der Waals surface area contributed by atoms with Crippen LogP contribution in [-0.2, 0) is 0 Å². The molecule has 108 valence electrons. The minimum Gasteiger partial charge on any atom is -0.394 e. The summed E-state index contributed by atoms with van der Waals surface area (Å²) >= 11 is 0. The molecule has 1 unspecified atom stereocenters. The molecule has 2 N–H and O–H groups in total. The maximum Gasteiger partial charge on any atom is 0.0770 e. The number of hydrogen-bond acceptors (Lipinski definition) is 2. The molecule has 0 aromatic heterocycles. The zero-order chi connectivity index (χ0) is 13.5. The Bertz CT molecular complexity index is 168. The highest BCUT2D eigenvalue weighted by Gasteiger charge is 2.00. The molecule has 0 aliphatic heterocycles. The lowest BCUT2D eigenvalue weighted by molar-refractivity contribution is 0.0860. The molecular formula is C16H32O2. The highest BCUT2D eigenvalue weighted by molar-refractivity contribution is 4.65. The third kappa shape index (κ3) is 13.7. The van der Waals surface area contributed by atoms with Gasteiger partial charge in [-0.15, -0.1) is 6.58 Å². The van der Waals surface area contributed by atoms with Gasteiger partial charge in [-0.2, -0.15) is 0 Å². The smallest absolute Gasteiger partial charge is 0.0770 e. The maximum atomic E-state index is 9.16. The first-order valence-electron chi connectivity index (χ1n) is 7.71. The predicted octanol–water partition coefficient (Wildman–Crippen LogP) is 4.21. The number of rotatable bonds is 14. The van der Waals surface area contributed by atoms with Crippen LogP contribution in [0.15, 0.2) is 12.7 Å². The summed E-state index contributed by atoms with van der Waals surface area (Å²) in [6, 6.07) is 0. The molecule has 0 radical (unpaired) electrons. The quantitative estimate of drug-likeness (QED) is 0.361. The second kappa shape index (κ2) is 14.7. The van der Waals surface area contributed by atoms with Gasteiger partial charge >= 0.3 is 0 Å². The van der Waals surface area contributed by atoms with Crippen LogP contribution in [0, 0.1) is 0 Å². The van der Waals surface area contributed by atoms with Crippen LogP contribution in [0.5, 0.6) is 0 Å². The van der Waals surface area contributed by atoms with Gasteiger partial charge in [-0.3, -0.25) is 0 Å². The van der Waals surface area contributed by atoms with E-state index in [1.807, 2.05) is 6.08 Å². The second-order valence-electron chi connectivity index (χ2n) is 5.24. The van der Waals surface area contributed by atoms with Crippen LogP contribution < -0.4 is 0 Å². The SMILES string of the molecule is C=CCCCCCCCCCCCCC(O)CO. The molecule has 2 nitrogen and oxygen atoms in total. The molecule has 2 heteroatoms. The average molecular weight is 256 g/mol. The Kier molecular flexibility index (Phi) is 14.4. The van der Waals surface area contributed by atoms with Crippen molar-refractivity contribution in [3.8, 4) is 0 Å². The van der Waals surface area contributed by atoms with Gasteiger partial charge in [-0.1, -0.05) is 63.9 Å². The molecule has 0 spiro atoms. The van der Waals surface area contributed by atoms with Gasteiger partial charge < -0.3 is 10.2 Å². The van der Waals surface area contributed by atoms with Crippen molar-refractivity contribution in [2.45, 2.75) is 83.2 Å². The Hall–Kier alpha value is -0.340. The number of aliphatic hydroxyl groups excluding tert-OH is 2. The summed E-state index contributed by atoms with van der Waals surface area (Å²) < 4.78 is 0. The first kappa shape index (κ1) is 17.7. The Morgan fingerprint density at radius 3 is 1.67 bits per heavy atom. The number of aliphatic hydroxyl groups is 2. The van der Waals surface area contributed by atoms with Gasteiger partial charge in [0.1, 0.15) is 0 Å². The van der Waals surface area contributed by atoms with Crippen LogP contribution in [0.2, 0.25) is 0 Å². The molecular weight excluding hydrogens is 224 g/mol. The largest absolute Gasteiger partial charge is 0.394 e. The Morgan fingerprint density at radius 2 is 1.22 bits per heavy atom. The van der Waals surface area contributed by atoms with E-state index in [1.165, 1.54) is 64.2 Å². The number of allylic oxidation sites excluding steroid dienone is 1. The fourth-order valence-corrected chi connectivity index (χ4v) is 2.17. The van der Waals surface area contributed by atoms with Crippen LogP contribution in [-0.4, -0.2) is 22.9 Å². The molecule has 0 aliphatic carbocycles. The van der Waals surface area contributed by atoms with Crippen molar-refractivity contribution in [3.63, 3.8) is 0 Å². The van der Waals surface area contributed by atoms with E-state index in [-0.39, 0.29) is 6.61 Å². The minimum atomic E-state index is -0.499. The monoisotopic (exact) mass is 256 g/mol. The fraction of sp³-hybridized carbons (Fsp3) is 0.875. The van der Waals surface area contributed by atoms with Crippen LogP contribution in [0.1, 0.15) is 77.0 Å². The molecule has 0 rings (SSSR count). The third-order valence-electron chi connectivity index (χ3n) is 3.41. The highest BCUT2D eigenvalue weighted by atomic mass is 16.3. The first-order chi connectivity index (χ1) is 8.81. The van der Waals surface area contributed by atoms with Crippen LogP contribution in [0.25, 0.3) is 0 Å². The van der Waals surface area contributed by atoms with Gasteiger partial charge in [0.2, 0.25) is 0 Å². The van der Waals surface area contributed by atoms with Gasteiger partial charge in [0.25, 0.3) is 0 Å². The number of unbranched alkanes of at least 4 members (excludes halogenated alkanes) is 10. The molecule has 0 bridgehead atoms. The van der Waals surface area contributed by atoms with E-state index in [9.17, 15) is 0 Å². The molecule has 0 saturated carbocycles. The van der Waals surface area contributed by atoms with Crippen molar-refractivity contribution in [2.75, 3.05) is 6.61 Å². The lowest BCUT2D eigenvalue weighted by Crippen LogP contribution is -2.10. The summed E-state index contributed by atoms with van der Waals surface area (Å²) in [4.78, 5) is 0. The summed E-state index contributed by atoms with van der Waals surface area (Å²) in [5, 5.41) is 17.8. The third-order valence-corrected chi connectivity index (χ3v) is 3.41. The van der Waals surface area contributed by atoms with E-state index in [4.69, 9.17) is 10.2 Å². The van der Waals surface area contributed by atoms with E-state index in [2.05, 4.69) is 6.58 Å². The minimum absolute atomic E-state index is 0.0914. The molecule has 0 amide bonds. The normalized spacial score (nSPS) is 12.6. The van der Waals surface area contributed by atoms with Crippen LogP contribution in [0.3, 0.4) is 0 Å². The molecule has 0 aromatic carbocycles. The molecule has 0 aliphatic rings. The van der Waals surface area contributed by atoms with Crippen molar-refractivity contribution in [2.24, 2.45) is 0 Å². The van der Waals surface area contributed by atoms with Gasteiger partial charge in [0.05, 0.1) is 12.7 Å². The molecule has 0 saturated heterocycles. The highest BCUT2D eigenvalue weighted by Crippen LogP contribution is 2.12. The summed E-state index contributed by atoms with van der Waals surface area (Å²) in [6.45, 7) is 3.64. The predicted molar refractivity (Wildman–Crippen MR) is 78.7 cm³/mol. The van der Waals surface area contributed by atoms with Crippen molar-refractivity contribution >= 4 is 0 Å². The lowest BCUT2D eigenvalue weighted by Gasteiger charge is -2.06. The van der Waals surface area contributed by atoms with Crippen LogP contribution >= 0.6 is 0 Å². The Morgan fingerprint density at radius 1 is 0.778 bits per heavy atom. The summed E-state index contributed by atoms with van der Waals surface area (Å²) in [5.41, 5.74) is 0. The van der Waals surface area contributed by atoms with Crippen molar-refractivity contribution < 1.29 is 10.2 Å².